The molecule has 3 aromatic carbocycles. The highest BCUT2D eigenvalue weighted by Crippen LogP contribution is 2.39. The second-order valence-electron chi connectivity index (χ2n) is 8.99. The van der Waals surface area contributed by atoms with Gasteiger partial charge in [-0.3, -0.25) is 0 Å². The van der Waals surface area contributed by atoms with E-state index in [-0.39, 0.29) is 5.82 Å². The van der Waals surface area contributed by atoms with Crippen molar-refractivity contribution in [2.75, 3.05) is 0 Å². The number of benzene rings is 3. The monoisotopic (exact) mass is 410 g/mol. The Hall–Kier alpha value is -3.00. The number of pyridine rings is 1. The smallest absolute Gasteiger partial charge is 0.207 e. The highest BCUT2D eigenvalue weighted by atomic mass is 19.1. The van der Waals surface area contributed by atoms with E-state index in [1.165, 1.54) is 65.6 Å². The van der Waals surface area contributed by atoms with E-state index in [9.17, 15) is 4.39 Å². The number of hydrogen-bond donors (Lipinski definition) is 0. The van der Waals surface area contributed by atoms with Crippen LogP contribution in [0.2, 0.25) is 0 Å². The van der Waals surface area contributed by atoms with Crippen LogP contribution in [0.3, 0.4) is 0 Å². The lowest BCUT2D eigenvalue weighted by Crippen LogP contribution is -2.32. The summed E-state index contributed by atoms with van der Waals surface area (Å²) in [5.41, 5.74) is 7.75. The van der Waals surface area contributed by atoms with Crippen LogP contribution in [0.15, 0.2) is 72.9 Å². The Morgan fingerprint density at radius 1 is 0.806 bits per heavy atom. The number of nitrogens with zero attached hydrogens (tertiary/aromatic N) is 1. The van der Waals surface area contributed by atoms with Crippen molar-refractivity contribution in [2.45, 2.75) is 44.9 Å². The first-order valence-electron chi connectivity index (χ1n) is 11.4. The normalized spacial score (nSPS) is 14.8. The molecule has 5 rings (SSSR count). The predicted molar refractivity (Wildman–Crippen MR) is 127 cm³/mol. The fraction of sp³-hybridized carbons (Fsp3) is 0.276. The van der Waals surface area contributed by atoms with Gasteiger partial charge >= 0.3 is 0 Å². The molecule has 1 aliphatic rings. The first kappa shape index (κ1) is 19.9. The lowest BCUT2D eigenvalue weighted by Gasteiger charge is -2.24. The standard InChI is InChI=1S/C29H29FN/c1-20-8-6-7-11-26(20)29-18-27(28(19-31(29)2)21-9-4-3-5-10-21)24-13-12-23-17-25(30)15-14-22(23)16-24/h6-8,11-19,21H,3-5,9-10H2,1-2H3/q+1. The molecule has 0 atom stereocenters. The van der Waals surface area contributed by atoms with Crippen molar-refractivity contribution in [1.29, 1.82) is 0 Å². The molecule has 2 heteroatoms. The molecule has 1 aromatic heterocycles. The van der Waals surface area contributed by atoms with E-state index in [1.807, 2.05) is 6.07 Å². The van der Waals surface area contributed by atoms with Crippen LogP contribution in [0.4, 0.5) is 4.39 Å². The highest BCUT2D eigenvalue weighted by Gasteiger charge is 2.25. The molecule has 0 saturated heterocycles. The van der Waals surface area contributed by atoms with Gasteiger partial charge in [0.15, 0.2) is 6.20 Å². The molecular weight excluding hydrogens is 381 g/mol. The largest absolute Gasteiger partial charge is 0.213 e. The fourth-order valence-corrected chi connectivity index (χ4v) is 5.17. The Labute approximate surface area is 184 Å². The van der Waals surface area contributed by atoms with Gasteiger partial charge in [-0.2, -0.15) is 0 Å². The van der Waals surface area contributed by atoms with Crippen LogP contribution >= 0.6 is 0 Å². The summed E-state index contributed by atoms with van der Waals surface area (Å²) in [7, 11) is 2.17. The number of hydrogen-bond acceptors (Lipinski definition) is 0. The number of aromatic nitrogens is 1. The third-order valence-electron chi connectivity index (χ3n) is 6.88. The molecule has 0 aliphatic heterocycles. The zero-order valence-electron chi connectivity index (χ0n) is 18.4. The van der Waals surface area contributed by atoms with Gasteiger partial charge in [0.1, 0.15) is 12.9 Å². The molecule has 0 N–H and O–H groups in total. The van der Waals surface area contributed by atoms with E-state index >= 15 is 0 Å². The number of rotatable bonds is 3. The maximum absolute atomic E-state index is 13.7. The van der Waals surface area contributed by atoms with Gasteiger partial charge in [0.2, 0.25) is 5.69 Å². The summed E-state index contributed by atoms with van der Waals surface area (Å²) in [6.07, 6.45) is 8.85. The molecular formula is C29H29FN+. The van der Waals surface area contributed by atoms with Gasteiger partial charge in [0.25, 0.3) is 0 Å². The van der Waals surface area contributed by atoms with E-state index in [4.69, 9.17) is 0 Å². The topological polar surface area (TPSA) is 3.88 Å². The Morgan fingerprint density at radius 3 is 2.35 bits per heavy atom. The molecule has 156 valence electrons. The maximum atomic E-state index is 13.7. The molecule has 1 saturated carbocycles. The molecule has 31 heavy (non-hydrogen) atoms. The third kappa shape index (κ3) is 3.87. The average molecular weight is 411 g/mol. The Balaban J connectivity index is 1.72. The van der Waals surface area contributed by atoms with Crippen LogP contribution in [-0.2, 0) is 7.05 Å². The molecule has 1 nitrogen and oxygen atoms in total. The van der Waals surface area contributed by atoms with Crippen molar-refractivity contribution in [3.05, 3.63) is 89.9 Å². The molecule has 1 heterocycles. The van der Waals surface area contributed by atoms with E-state index in [0.717, 1.165) is 10.8 Å². The van der Waals surface area contributed by atoms with Crippen LogP contribution in [0.5, 0.6) is 0 Å². The van der Waals surface area contributed by atoms with Crippen LogP contribution in [0, 0.1) is 12.7 Å². The zero-order valence-corrected chi connectivity index (χ0v) is 18.4. The van der Waals surface area contributed by atoms with Crippen molar-refractivity contribution in [3.63, 3.8) is 0 Å². The Bertz CT molecular complexity index is 1250. The molecule has 0 bridgehead atoms. The highest BCUT2D eigenvalue weighted by molar-refractivity contribution is 5.88. The summed E-state index contributed by atoms with van der Waals surface area (Å²) < 4.78 is 16.0. The first-order valence-corrected chi connectivity index (χ1v) is 11.4. The second kappa shape index (κ2) is 8.26. The number of halogens is 1. The summed E-state index contributed by atoms with van der Waals surface area (Å²) in [4.78, 5) is 0. The summed E-state index contributed by atoms with van der Waals surface area (Å²) in [5, 5.41) is 2.03. The summed E-state index contributed by atoms with van der Waals surface area (Å²) >= 11 is 0. The first-order chi connectivity index (χ1) is 15.1. The maximum Gasteiger partial charge on any atom is 0.213 e. The molecule has 0 spiro atoms. The van der Waals surface area contributed by atoms with Gasteiger partial charge in [-0.05, 0) is 77.4 Å². The summed E-state index contributed by atoms with van der Waals surface area (Å²) in [5.74, 6) is 0.418. The summed E-state index contributed by atoms with van der Waals surface area (Å²) in [6.45, 7) is 2.18. The van der Waals surface area contributed by atoms with E-state index in [1.54, 1.807) is 12.1 Å². The molecule has 4 aromatic rings. The van der Waals surface area contributed by atoms with Crippen LogP contribution in [-0.4, -0.2) is 0 Å². The lowest BCUT2D eigenvalue weighted by atomic mass is 9.81. The van der Waals surface area contributed by atoms with Gasteiger partial charge < -0.3 is 0 Å². The molecule has 0 amide bonds. The van der Waals surface area contributed by atoms with E-state index in [0.29, 0.717) is 5.92 Å². The SMILES string of the molecule is Cc1ccccc1-c1cc(-c2ccc3cc(F)ccc3c2)c(C2CCCCC2)c[n+]1C. The number of fused-ring (bicyclic) bond motifs is 1. The van der Waals surface area contributed by atoms with Crippen LogP contribution in [0.1, 0.15) is 49.1 Å². The average Bonchev–Trinajstić information content (AvgIpc) is 2.80. The second-order valence-corrected chi connectivity index (χ2v) is 8.99. The van der Waals surface area contributed by atoms with Gasteiger partial charge in [-0.1, -0.05) is 55.7 Å². The fourth-order valence-electron chi connectivity index (χ4n) is 5.17. The van der Waals surface area contributed by atoms with Gasteiger partial charge in [0, 0.05) is 17.2 Å². The molecule has 0 radical (unpaired) electrons. The van der Waals surface area contributed by atoms with Gasteiger partial charge in [0.05, 0.1) is 0 Å². The Morgan fingerprint density at radius 2 is 1.55 bits per heavy atom. The molecule has 0 unspecified atom stereocenters. The third-order valence-corrected chi connectivity index (χ3v) is 6.88. The van der Waals surface area contributed by atoms with Crippen molar-refractivity contribution >= 4 is 10.8 Å². The van der Waals surface area contributed by atoms with Crippen molar-refractivity contribution < 1.29 is 8.96 Å². The van der Waals surface area contributed by atoms with Gasteiger partial charge in [-0.25, -0.2) is 8.96 Å². The van der Waals surface area contributed by atoms with E-state index in [2.05, 4.69) is 73.3 Å². The van der Waals surface area contributed by atoms with Crippen molar-refractivity contribution in [1.82, 2.24) is 0 Å². The van der Waals surface area contributed by atoms with Crippen molar-refractivity contribution in [3.8, 4) is 22.4 Å². The number of aryl methyl sites for hydroxylation is 2. The minimum atomic E-state index is -0.184. The molecule has 1 fully saturated rings. The van der Waals surface area contributed by atoms with E-state index < -0.39 is 0 Å². The predicted octanol–water partition coefficient (Wildman–Crippen LogP) is 7.49. The quantitative estimate of drug-likeness (QED) is 0.308. The lowest BCUT2D eigenvalue weighted by molar-refractivity contribution is -0.660. The van der Waals surface area contributed by atoms with Crippen molar-refractivity contribution in [2.24, 2.45) is 7.05 Å². The molecule has 1 aliphatic carbocycles. The summed E-state index contributed by atoms with van der Waals surface area (Å²) in [6, 6.07) is 22.5. The van der Waals surface area contributed by atoms with Crippen LogP contribution < -0.4 is 4.57 Å². The Kier molecular flexibility index (Phi) is 5.31. The van der Waals surface area contributed by atoms with Gasteiger partial charge in [-0.15, -0.1) is 0 Å². The minimum absolute atomic E-state index is 0.184. The van der Waals surface area contributed by atoms with Crippen LogP contribution in [0.25, 0.3) is 33.2 Å². The zero-order chi connectivity index (χ0) is 21.4. The minimum Gasteiger partial charge on any atom is -0.207 e.